The van der Waals surface area contributed by atoms with Crippen LogP contribution in [0.25, 0.3) is 0 Å². The molecule has 1 amide bonds. The first-order chi connectivity index (χ1) is 7.00. The normalized spacial score (nSPS) is 9.73. The third kappa shape index (κ3) is 3.36. The second-order valence-corrected chi connectivity index (χ2v) is 3.95. The summed E-state index contributed by atoms with van der Waals surface area (Å²) in [5.41, 5.74) is 1.28. The van der Waals surface area contributed by atoms with Crippen LogP contribution in [0.4, 0.5) is 0 Å². The van der Waals surface area contributed by atoms with E-state index in [0.29, 0.717) is 5.56 Å². The van der Waals surface area contributed by atoms with E-state index in [0.717, 1.165) is 10.0 Å². The van der Waals surface area contributed by atoms with Crippen molar-refractivity contribution in [3.05, 3.63) is 33.8 Å². The minimum Gasteiger partial charge on any atom is -0.480 e. The van der Waals surface area contributed by atoms with E-state index >= 15 is 0 Å². The standard InChI is InChI=1S/C10H10BrNO3/c1-6-4-7(11)2-3-8(6)10(15)12-5-9(13)14/h2-4H,5H2,1H3,(H,12,15)(H,13,14). The number of benzene rings is 1. The zero-order valence-electron chi connectivity index (χ0n) is 8.08. The van der Waals surface area contributed by atoms with E-state index in [9.17, 15) is 9.59 Å². The van der Waals surface area contributed by atoms with Crippen LogP contribution >= 0.6 is 15.9 Å². The van der Waals surface area contributed by atoms with E-state index in [-0.39, 0.29) is 12.5 Å². The summed E-state index contributed by atoms with van der Waals surface area (Å²) in [7, 11) is 0. The summed E-state index contributed by atoms with van der Waals surface area (Å²) in [4.78, 5) is 21.7. The number of hydrogen-bond acceptors (Lipinski definition) is 2. The van der Waals surface area contributed by atoms with Gasteiger partial charge in [0, 0.05) is 10.0 Å². The Morgan fingerprint density at radius 1 is 1.47 bits per heavy atom. The summed E-state index contributed by atoms with van der Waals surface area (Å²) >= 11 is 3.28. The second kappa shape index (κ2) is 4.93. The molecule has 0 spiro atoms. The summed E-state index contributed by atoms with van der Waals surface area (Å²) in [6, 6.07) is 5.19. The smallest absolute Gasteiger partial charge is 0.322 e. The number of nitrogens with one attached hydrogen (secondary N) is 1. The number of aryl methyl sites for hydroxylation is 1. The highest BCUT2D eigenvalue weighted by Crippen LogP contribution is 2.15. The fourth-order valence-corrected chi connectivity index (χ4v) is 1.61. The minimum absolute atomic E-state index is 0.367. The van der Waals surface area contributed by atoms with Crippen molar-refractivity contribution in [1.29, 1.82) is 0 Å². The van der Waals surface area contributed by atoms with E-state index in [2.05, 4.69) is 21.2 Å². The lowest BCUT2D eigenvalue weighted by Crippen LogP contribution is -2.29. The van der Waals surface area contributed by atoms with E-state index in [4.69, 9.17) is 5.11 Å². The minimum atomic E-state index is -1.06. The number of carboxylic acids is 1. The van der Waals surface area contributed by atoms with Crippen molar-refractivity contribution in [2.24, 2.45) is 0 Å². The van der Waals surface area contributed by atoms with Crippen molar-refractivity contribution in [2.45, 2.75) is 6.92 Å². The molecule has 1 aromatic rings. The first-order valence-electron chi connectivity index (χ1n) is 4.27. The first kappa shape index (κ1) is 11.7. The summed E-state index contributed by atoms with van der Waals surface area (Å²) < 4.78 is 0.884. The van der Waals surface area contributed by atoms with Crippen LogP contribution in [0.15, 0.2) is 22.7 Å². The van der Waals surface area contributed by atoms with Crippen molar-refractivity contribution in [3.63, 3.8) is 0 Å². The van der Waals surface area contributed by atoms with Crippen molar-refractivity contribution in [1.82, 2.24) is 5.32 Å². The molecule has 0 saturated carbocycles. The summed E-state index contributed by atoms with van der Waals surface area (Å²) in [5, 5.41) is 10.7. The number of rotatable bonds is 3. The summed E-state index contributed by atoms with van der Waals surface area (Å²) in [6.07, 6.45) is 0. The molecular weight excluding hydrogens is 262 g/mol. The molecule has 15 heavy (non-hydrogen) atoms. The third-order valence-corrected chi connectivity index (χ3v) is 2.33. The SMILES string of the molecule is Cc1cc(Br)ccc1C(=O)NCC(=O)O. The van der Waals surface area contributed by atoms with Crippen LogP contribution in [-0.2, 0) is 4.79 Å². The Bertz CT molecular complexity index is 404. The van der Waals surface area contributed by atoms with Gasteiger partial charge in [-0.25, -0.2) is 0 Å². The van der Waals surface area contributed by atoms with Gasteiger partial charge in [-0.2, -0.15) is 0 Å². The summed E-state index contributed by atoms with van der Waals surface area (Å²) in [6.45, 7) is 1.43. The second-order valence-electron chi connectivity index (χ2n) is 3.04. The molecule has 0 aliphatic heterocycles. The van der Waals surface area contributed by atoms with Crippen LogP contribution in [0.3, 0.4) is 0 Å². The van der Waals surface area contributed by atoms with E-state index in [1.54, 1.807) is 25.1 Å². The van der Waals surface area contributed by atoms with Gasteiger partial charge in [0.2, 0.25) is 0 Å². The van der Waals surface area contributed by atoms with Crippen LogP contribution in [0.5, 0.6) is 0 Å². The van der Waals surface area contributed by atoms with Crippen molar-refractivity contribution in [3.8, 4) is 0 Å². The van der Waals surface area contributed by atoms with E-state index in [1.165, 1.54) is 0 Å². The predicted molar refractivity (Wildman–Crippen MR) is 58.8 cm³/mol. The van der Waals surface area contributed by atoms with E-state index < -0.39 is 5.97 Å². The third-order valence-electron chi connectivity index (χ3n) is 1.83. The Morgan fingerprint density at radius 2 is 2.13 bits per heavy atom. The highest BCUT2D eigenvalue weighted by Gasteiger charge is 2.09. The topological polar surface area (TPSA) is 66.4 Å². The predicted octanol–water partition coefficient (Wildman–Crippen LogP) is 1.57. The summed E-state index contributed by atoms with van der Waals surface area (Å²) in [5.74, 6) is -1.43. The van der Waals surface area contributed by atoms with Crippen molar-refractivity contribution >= 4 is 27.8 Å². The zero-order chi connectivity index (χ0) is 11.4. The maximum Gasteiger partial charge on any atom is 0.322 e. The average molecular weight is 272 g/mol. The highest BCUT2D eigenvalue weighted by molar-refractivity contribution is 9.10. The zero-order valence-corrected chi connectivity index (χ0v) is 9.67. The molecule has 0 bridgehead atoms. The molecule has 1 rings (SSSR count). The maximum absolute atomic E-state index is 11.5. The molecule has 0 fully saturated rings. The van der Waals surface area contributed by atoms with Gasteiger partial charge in [-0.15, -0.1) is 0 Å². The molecule has 0 atom stereocenters. The van der Waals surface area contributed by atoms with Gasteiger partial charge in [0.05, 0.1) is 0 Å². The van der Waals surface area contributed by atoms with Crippen molar-refractivity contribution < 1.29 is 14.7 Å². The molecule has 0 saturated heterocycles. The van der Waals surface area contributed by atoms with Gasteiger partial charge in [0.1, 0.15) is 6.54 Å². The fourth-order valence-electron chi connectivity index (χ4n) is 1.13. The number of aliphatic carboxylic acids is 1. The van der Waals surface area contributed by atoms with Gasteiger partial charge >= 0.3 is 5.97 Å². The molecule has 0 unspecified atom stereocenters. The number of hydrogen-bond donors (Lipinski definition) is 2. The number of carbonyl (C=O) groups excluding carboxylic acids is 1. The van der Waals surface area contributed by atoms with Crippen LogP contribution in [0, 0.1) is 6.92 Å². The highest BCUT2D eigenvalue weighted by atomic mass is 79.9. The average Bonchev–Trinajstić information content (AvgIpc) is 2.14. The molecule has 5 heteroatoms. The lowest BCUT2D eigenvalue weighted by molar-refractivity contribution is -0.135. The molecule has 2 N–H and O–H groups in total. The largest absolute Gasteiger partial charge is 0.480 e. The Morgan fingerprint density at radius 3 is 2.67 bits per heavy atom. The number of halogens is 1. The molecular formula is C10H10BrNO3. The fraction of sp³-hybridized carbons (Fsp3) is 0.200. The quantitative estimate of drug-likeness (QED) is 0.877. The monoisotopic (exact) mass is 271 g/mol. The Labute approximate surface area is 95.4 Å². The van der Waals surface area contributed by atoms with Gasteiger partial charge in [-0.1, -0.05) is 15.9 Å². The van der Waals surface area contributed by atoms with Gasteiger partial charge in [-0.3, -0.25) is 9.59 Å². The van der Waals surface area contributed by atoms with Gasteiger partial charge in [-0.05, 0) is 30.7 Å². The number of carboxylic acid groups (broad SMARTS) is 1. The Hall–Kier alpha value is -1.36. The van der Waals surface area contributed by atoms with Crippen LogP contribution in [0.1, 0.15) is 15.9 Å². The molecule has 0 heterocycles. The van der Waals surface area contributed by atoms with Crippen LogP contribution < -0.4 is 5.32 Å². The molecule has 1 aromatic carbocycles. The van der Waals surface area contributed by atoms with Gasteiger partial charge in [0.15, 0.2) is 0 Å². The van der Waals surface area contributed by atoms with Crippen LogP contribution in [-0.4, -0.2) is 23.5 Å². The van der Waals surface area contributed by atoms with E-state index in [1.807, 2.05) is 0 Å². The number of amides is 1. The number of carbonyl (C=O) groups is 2. The molecule has 0 aromatic heterocycles. The lowest BCUT2D eigenvalue weighted by Gasteiger charge is -2.05. The van der Waals surface area contributed by atoms with Gasteiger partial charge < -0.3 is 10.4 Å². The molecule has 80 valence electrons. The lowest BCUT2D eigenvalue weighted by atomic mass is 10.1. The van der Waals surface area contributed by atoms with Crippen LogP contribution in [0.2, 0.25) is 0 Å². The van der Waals surface area contributed by atoms with Crippen molar-refractivity contribution in [2.75, 3.05) is 6.54 Å². The van der Waals surface area contributed by atoms with Gasteiger partial charge in [0.25, 0.3) is 5.91 Å². The Balaban J connectivity index is 2.78. The molecule has 0 radical (unpaired) electrons. The molecule has 4 nitrogen and oxygen atoms in total. The molecule has 0 aliphatic rings. The first-order valence-corrected chi connectivity index (χ1v) is 5.06. The maximum atomic E-state index is 11.5. The Kier molecular flexibility index (Phi) is 3.85. The molecule has 0 aliphatic carbocycles.